The average Bonchev–Trinajstić information content (AvgIpc) is 2.53. The summed E-state index contributed by atoms with van der Waals surface area (Å²) in [4.78, 5) is 13.6. The SMILES string of the molecule is CC(C)(C)OC(=O)N1CCC(O)(COS(=O)(=O)Cc2ccccc2)CC1. The molecular weight excluding hydrogens is 358 g/mol. The quantitative estimate of drug-likeness (QED) is 0.782. The summed E-state index contributed by atoms with van der Waals surface area (Å²) in [7, 11) is -3.79. The number of hydrogen-bond acceptors (Lipinski definition) is 6. The number of carbonyl (C=O) groups is 1. The van der Waals surface area contributed by atoms with Crippen molar-refractivity contribution in [3.05, 3.63) is 35.9 Å². The first-order valence-corrected chi connectivity index (χ1v) is 10.2. The van der Waals surface area contributed by atoms with Crippen LogP contribution in [0.3, 0.4) is 0 Å². The summed E-state index contributed by atoms with van der Waals surface area (Å²) in [6, 6.07) is 8.72. The van der Waals surface area contributed by atoms with Gasteiger partial charge < -0.3 is 14.7 Å². The summed E-state index contributed by atoms with van der Waals surface area (Å²) in [5.74, 6) is -0.242. The molecule has 1 aliphatic rings. The van der Waals surface area contributed by atoms with Crippen molar-refractivity contribution in [2.75, 3.05) is 19.7 Å². The third-order valence-electron chi connectivity index (χ3n) is 4.04. The van der Waals surface area contributed by atoms with Crippen LogP contribution in [0, 0.1) is 0 Å². The van der Waals surface area contributed by atoms with Gasteiger partial charge in [0.2, 0.25) is 0 Å². The lowest BCUT2D eigenvalue weighted by Gasteiger charge is -2.38. The second kappa shape index (κ2) is 7.94. The summed E-state index contributed by atoms with van der Waals surface area (Å²) < 4.78 is 34.5. The zero-order valence-electron chi connectivity index (χ0n) is 15.5. The zero-order chi connectivity index (χ0) is 19.4. The standard InChI is InChI=1S/C18H27NO6S/c1-17(2,3)25-16(20)19-11-9-18(21,10-12-19)14-24-26(22,23)13-15-7-5-4-6-8-15/h4-8,21H,9-14H2,1-3H3. The summed E-state index contributed by atoms with van der Waals surface area (Å²) in [5.41, 5.74) is -1.24. The Morgan fingerprint density at radius 3 is 2.31 bits per heavy atom. The molecule has 146 valence electrons. The lowest BCUT2D eigenvalue weighted by atomic mass is 9.93. The van der Waals surface area contributed by atoms with E-state index in [2.05, 4.69) is 0 Å². The highest BCUT2D eigenvalue weighted by Crippen LogP contribution is 2.25. The van der Waals surface area contributed by atoms with Gasteiger partial charge in [0, 0.05) is 13.1 Å². The van der Waals surface area contributed by atoms with Crippen molar-refractivity contribution >= 4 is 16.2 Å². The number of rotatable bonds is 5. The smallest absolute Gasteiger partial charge is 0.410 e. The summed E-state index contributed by atoms with van der Waals surface area (Å²) in [6.45, 7) is 5.62. The fourth-order valence-corrected chi connectivity index (χ4v) is 3.68. The van der Waals surface area contributed by atoms with Gasteiger partial charge in [0.1, 0.15) is 11.4 Å². The monoisotopic (exact) mass is 385 g/mol. The van der Waals surface area contributed by atoms with E-state index in [9.17, 15) is 18.3 Å². The minimum absolute atomic E-state index is 0.229. The predicted octanol–water partition coefficient (Wildman–Crippen LogP) is 2.30. The summed E-state index contributed by atoms with van der Waals surface area (Å²) >= 11 is 0. The number of aliphatic hydroxyl groups is 1. The number of ether oxygens (including phenoxy) is 1. The molecule has 0 spiro atoms. The van der Waals surface area contributed by atoms with Crippen molar-refractivity contribution in [1.29, 1.82) is 0 Å². The number of nitrogens with zero attached hydrogens (tertiary/aromatic N) is 1. The molecule has 8 heteroatoms. The van der Waals surface area contributed by atoms with Gasteiger partial charge >= 0.3 is 6.09 Å². The Hall–Kier alpha value is -1.64. The Labute approximate surface area is 155 Å². The molecule has 0 aromatic heterocycles. The van der Waals surface area contributed by atoms with Crippen molar-refractivity contribution < 1.29 is 27.2 Å². The van der Waals surface area contributed by atoms with Gasteiger partial charge in [-0.3, -0.25) is 4.18 Å². The Morgan fingerprint density at radius 2 is 1.77 bits per heavy atom. The first-order chi connectivity index (χ1) is 12.0. The molecule has 2 rings (SSSR count). The molecule has 1 aliphatic heterocycles. The zero-order valence-corrected chi connectivity index (χ0v) is 16.3. The van der Waals surface area contributed by atoms with Crippen molar-refractivity contribution in [3.8, 4) is 0 Å². The van der Waals surface area contributed by atoms with E-state index in [0.717, 1.165) is 0 Å². The Kier molecular flexibility index (Phi) is 6.31. The number of hydrogen-bond donors (Lipinski definition) is 1. The molecule has 26 heavy (non-hydrogen) atoms. The number of carbonyl (C=O) groups excluding carboxylic acids is 1. The third kappa shape index (κ3) is 6.59. The second-order valence-corrected chi connectivity index (χ2v) is 9.28. The largest absolute Gasteiger partial charge is 0.444 e. The highest BCUT2D eigenvalue weighted by molar-refractivity contribution is 7.85. The van der Waals surface area contributed by atoms with Gasteiger partial charge in [0.05, 0.1) is 12.2 Å². The first kappa shape index (κ1) is 20.7. The van der Waals surface area contributed by atoms with Crippen LogP contribution in [0.4, 0.5) is 4.79 Å². The summed E-state index contributed by atoms with van der Waals surface area (Å²) in [5, 5.41) is 10.6. The number of amides is 1. The molecule has 0 atom stereocenters. The van der Waals surface area contributed by atoms with Crippen LogP contribution >= 0.6 is 0 Å². The molecule has 7 nitrogen and oxygen atoms in total. The fraction of sp³-hybridized carbons (Fsp3) is 0.611. The van der Waals surface area contributed by atoms with Gasteiger partial charge in [-0.15, -0.1) is 0 Å². The molecule has 0 bridgehead atoms. The molecule has 1 heterocycles. The highest BCUT2D eigenvalue weighted by atomic mass is 32.2. The molecule has 0 radical (unpaired) electrons. The van der Waals surface area contributed by atoms with E-state index >= 15 is 0 Å². The molecular formula is C18H27NO6S. The van der Waals surface area contributed by atoms with Crippen molar-refractivity contribution in [2.45, 2.75) is 50.6 Å². The normalized spacial score (nSPS) is 17.8. The van der Waals surface area contributed by atoms with Crippen molar-refractivity contribution in [2.24, 2.45) is 0 Å². The molecule has 1 fully saturated rings. The third-order valence-corrected chi connectivity index (χ3v) is 5.20. The molecule has 0 saturated carbocycles. The lowest BCUT2D eigenvalue weighted by Crippen LogP contribution is -2.50. The molecule has 1 N–H and O–H groups in total. The predicted molar refractivity (Wildman–Crippen MR) is 97.0 cm³/mol. The van der Waals surface area contributed by atoms with Gasteiger partial charge in [0.25, 0.3) is 10.1 Å². The lowest BCUT2D eigenvalue weighted by molar-refractivity contribution is -0.0551. The molecule has 1 amide bonds. The van der Waals surface area contributed by atoms with Gasteiger partial charge in [0.15, 0.2) is 0 Å². The van der Waals surface area contributed by atoms with Gasteiger partial charge in [-0.05, 0) is 39.2 Å². The van der Waals surface area contributed by atoms with Crippen molar-refractivity contribution in [3.63, 3.8) is 0 Å². The van der Waals surface area contributed by atoms with Crippen LogP contribution < -0.4 is 0 Å². The maximum absolute atomic E-state index is 12.1. The van der Waals surface area contributed by atoms with Crippen LogP contribution in [-0.2, 0) is 24.8 Å². The van der Waals surface area contributed by atoms with Gasteiger partial charge in [-0.1, -0.05) is 30.3 Å². The summed E-state index contributed by atoms with van der Waals surface area (Å²) in [6.07, 6.45) is 0.0254. The molecule has 1 aromatic carbocycles. The van der Waals surface area contributed by atoms with E-state index in [1.807, 2.05) is 0 Å². The van der Waals surface area contributed by atoms with Crippen LogP contribution in [-0.4, -0.2) is 55.4 Å². The van der Waals surface area contributed by atoms with E-state index in [-0.39, 0.29) is 38.3 Å². The molecule has 0 unspecified atom stereocenters. The van der Waals surface area contributed by atoms with E-state index in [1.54, 1.807) is 51.1 Å². The maximum Gasteiger partial charge on any atom is 0.410 e. The Bertz CT molecular complexity index is 703. The Balaban J connectivity index is 1.84. The fourth-order valence-electron chi connectivity index (χ4n) is 2.60. The second-order valence-electron chi connectivity index (χ2n) is 7.64. The van der Waals surface area contributed by atoms with Gasteiger partial charge in [-0.25, -0.2) is 4.79 Å². The minimum Gasteiger partial charge on any atom is -0.444 e. The van der Waals surface area contributed by atoms with E-state index < -0.39 is 27.4 Å². The number of benzene rings is 1. The first-order valence-electron chi connectivity index (χ1n) is 8.59. The van der Waals surface area contributed by atoms with E-state index in [0.29, 0.717) is 5.56 Å². The van der Waals surface area contributed by atoms with Crippen LogP contribution in [0.15, 0.2) is 30.3 Å². The Morgan fingerprint density at radius 1 is 1.19 bits per heavy atom. The van der Waals surface area contributed by atoms with Crippen LogP contribution in [0.25, 0.3) is 0 Å². The minimum atomic E-state index is -3.79. The van der Waals surface area contributed by atoms with Crippen LogP contribution in [0.2, 0.25) is 0 Å². The molecule has 0 aliphatic carbocycles. The molecule has 1 aromatic rings. The molecule has 1 saturated heterocycles. The van der Waals surface area contributed by atoms with Crippen molar-refractivity contribution in [1.82, 2.24) is 4.90 Å². The highest BCUT2D eigenvalue weighted by Gasteiger charge is 2.36. The number of likely N-dealkylation sites (tertiary alicyclic amines) is 1. The topological polar surface area (TPSA) is 93.1 Å². The average molecular weight is 385 g/mol. The van der Waals surface area contributed by atoms with Crippen LogP contribution in [0.5, 0.6) is 0 Å². The van der Waals surface area contributed by atoms with Crippen LogP contribution in [0.1, 0.15) is 39.2 Å². The van der Waals surface area contributed by atoms with Gasteiger partial charge in [-0.2, -0.15) is 8.42 Å². The van der Waals surface area contributed by atoms with E-state index in [4.69, 9.17) is 8.92 Å². The van der Waals surface area contributed by atoms with E-state index in [1.165, 1.54) is 4.90 Å². The maximum atomic E-state index is 12.1. The number of piperidine rings is 1.